The maximum atomic E-state index is 6.33. The van der Waals surface area contributed by atoms with Gasteiger partial charge in [-0.1, -0.05) is 23.7 Å². The molecule has 1 atom stereocenters. The zero-order valence-electron chi connectivity index (χ0n) is 11.8. The Hall–Kier alpha value is -0.570. The molecule has 18 heavy (non-hydrogen) atoms. The van der Waals surface area contributed by atoms with E-state index in [1.54, 1.807) is 0 Å². The van der Waals surface area contributed by atoms with Crippen LogP contribution in [0, 0.1) is 6.92 Å². The molecule has 1 unspecified atom stereocenters. The van der Waals surface area contributed by atoms with E-state index in [4.69, 9.17) is 11.6 Å². The lowest BCUT2D eigenvalue weighted by atomic mass is 9.98. The van der Waals surface area contributed by atoms with Crippen molar-refractivity contribution in [2.75, 3.05) is 13.1 Å². The smallest absolute Gasteiger partial charge is 0.0453 e. The van der Waals surface area contributed by atoms with Gasteiger partial charge in [-0.2, -0.15) is 0 Å². The second kappa shape index (κ2) is 5.20. The Morgan fingerprint density at radius 1 is 1.44 bits per heavy atom. The molecule has 1 aliphatic rings. The minimum Gasteiger partial charge on any atom is -0.309 e. The van der Waals surface area contributed by atoms with Crippen molar-refractivity contribution in [3.63, 3.8) is 0 Å². The molecule has 0 bridgehead atoms. The van der Waals surface area contributed by atoms with Gasteiger partial charge in [0, 0.05) is 36.2 Å². The van der Waals surface area contributed by atoms with Crippen molar-refractivity contribution in [1.29, 1.82) is 0 Å². The van der Waals surface area contributed by atoms with Crippen molar-refractivity contribution in [3.05, 3.63) is 34.3 Å². The summed E-state index contributed by atoms with van der Waals surface area (Å²) in [5.74, 6) is 0. The third-order valence-corrected chi connectivity index (χ3v) is 4.03. The second-order valence-electron chi connectivity index (χ2n) is 6.11. The monoisotopic (exact) mass is 266 g/mol. The molecule has 0 saturated carbocycles. The van der Waals surface area contributed by atoms with Gasteiger partial charge in [-0.3, -0.25) is 4.90 Å². The molecule has 0 aromatic heterocycles. The lowest BCUT2D eigenvalue weighted by Crippen LogP contribution is -2.60. The highest BCUT2D eigenvalue weighted by molar-refractivity contribution is 6.31. The zero-order valence-corrected chi connectivity index (χ0v) is 12.5. The molecule has 1 aromatic rings. The van der Waals surface area contributed by atoms with E-state index >= 15 is 0 Å². The molecule has 100 valence electrons. The van der Waals surface area contributed by atoms with Gasteiger partial charge in [0.05, 0.1) is 0 Å². The van der Waals surface area contributed by atoms with Gasteiger partial charge in [0.2, 0.25) is 0 Å². The molecule has 1 saturated heterocycles. The molecule has 3 heteroatoms. The zero-order chi connectivity index (χ0) is 13.3. The quantitative estimate of drug-likeness (QED) is 0.884. The van der Waals surface area contributed by atoms with Gasteiger partial charge in [0.25, 0.3) is 0 Å². The van der Waals surface area contributed by atoms with Crippen molar-refractivity contribution in [3.8, 4) is 0 Å². The Bertz CT molecular complexity index is 429. The number of halogens is 1. The number of hydrogen-bond acceptors (Lipinski definition) is 2. The number of nitrogens with one attached hydrogen (secondary N) is 1. The summed E-state index contributed by atoms with van der Waals surface area (Å²) in [6.07, 6.45) is 0. The summed E-state index contributed by atoms with van der Waals surface area (Å²) in [7, 11) is 0. The van der Waals surface area contributed by atoms with Crippen LogP contribution in [-0.4, -0.2) is 29.6 Å². The molecule has 1 N–H and O–H groups in total. The highest BCUT2D eigenvalue weighted by Crippen LogP contribution is 2.23. The van der Waals surface area contributed by atoms with E-state index in [-0.39, 0.29) is 5.54 Å². The maximum absolute atomic E-state index is 6.33. The van der Waals surface area contributed by atoms with Crippen molar-refractivity contribution < 1.29 is 0 Å². The Morgan fingerprint density at radius 3 is 2.83 bits per heavy atom. The fourth-order valence-electron chi connectivity index (χ4n) is 2.48. The number of aryl methyl sites for hydroxylation is 1. The average molecular weight is 267 g/mol. The third-order valence-electron chi connectivity index (χ3n) is 3.68. The molecule has 0 spiro atoms. The Kier molecular flexibility index (Phi) is 4.00. The average Bonchev–Trinajstić information content (AvgIpc) is 2.27. The first-order chi connectivity index (χ1) is 8.37. The molecular weight excluding hydrogens is 244 g/mol. The van der Waals surface area contributed by atoms with Gasteiger partial charge >= 0.3 is 0 Å². The number of benzene rings is 1. The summed E-state index contributed by atoms with van der Waals surface area (Å²) in [6, 6.07) is 6.89. The summed E-state index contributed by atoms with van der Waals surface area (Å²) < 4.78 is 0. The molecule has 0 radical (unpaired) electrons. The number of rotatable bonds is 2. The largest absolute Gasteiger partial charge is 0.309 e. The predicted octanol–water partition coefficient (Wildman–Crippen LogP) is 3.22. The van der Waals surface area contributed by atoms with E-state index in [0.717, 1.165) is 24.7 Å². The van der Waals surface area contributed by atoms with E-state index in [9.17, 15) is 0 Å². The van der Waals surface area contributed by atoms with Crippen molar-refractivity contribution in [1.82, 2.24) is 10.2 Å². The van der Waals surface area contributed by atoms with E-state index in [1.165, 1.54) is 11.1 Å². The third kappa shape index (κ3) is 3.25. The van der Waals surface area contributed by atoms with Crippen LogP contribution in [0.25, 0.3) is 0 Å². The summed E-state index contributed by atoms with van der Waals surface area (Å²) in [4.78, 5) is 2.51. The maximum Gasteiger partial charge on any atom is 0.0453 e. The van der Waals surface area contributed by atoms with Crippen LogP contribution in [0.5, 0.6) is 0 Å². The van der Waals surface area contributed by atoms with E-state index in [0.29, 0.717) is 6.04 Å². The van der Waals surface area contributed by atoms with Gasteiger partial charge in [-0.05, 0) is 44.9 Å². The number of hydrogen-bond donors (Lipinski definition) is 1. The first-order valence-corrected chi connectivity index (χ1v) is 6.99. The van der Waals surface area contributed by atoms with Crippen molar-refractivity contribution >= 4 is 11.6 Å². The van der Waals surface area contributed by atoms with Crippen molar-refractivity contribution in [2.45, 2.75) is 45.8 Å². The van der Waals surface area contributed by atoms with Gasteiger partial charge in [0.15, 0.2) is 0 Å². The SMILES string of the molecule is Cc1ccc(CN2CC(C)(C)NCC2C)c(Cl)c1. The Labute approximate surface area is 115 Å². The second-order valence-corrected chi connectivity index (χ2v) is 6.52. The predicted molar refractivity (Wildman–Crippen MR) is 78.1 cm³/mol. The summed E-state index contributed by atoms with van der Waals surface area (Å²) in [6.45, 7) is 11.9. The molecule has 2 nitrogen and oxygen atoms in total. The van der Waals surface area contributed by atoms with Crippen LogP contribution in [-0.2, 0) is 6.54 Å². The lowest BCUT2D eigenvalue weighted by Gasteiger charge is -2.43. The van der Waals surface area contributed by atoms with Gasteiger partial charge in [0.1, 0.15) is 0 Å². The number of nitrogens with zero attached hydrogens (tertiary/aromatic N) is 1. The van der Waals surface area contributed by atoms with Crippen LogP contribution >= 0.6 is 11.6 Å². The van der Waals surface area contributed by atoms with Crippen LogP contribution in [0.2, 0.25) is 5.02 Å². The topological polar surface area (TPSA) is 15.3 Å². The highest BCUT2D eigenvalue weighted by Gasteiger charge is 2.30. The fourth-order valence-corrected chi connectivity index (χ4v) is 2.78. The Balaban J connectivity index is 2.12. The number of piperazine rings is 1. The standard InChI is InChI=1S/C15H23ClN2/c1-11-5-6-13(14(16)7-11)9-18-10-15(3,4)17-8-12(18)2/h5-7,12,17H,8-10H2,1-4H3. The normalized spacial score (nSPS) is 24.2. The molecule has 0 amide bonds. The van der Waals surface area contributed by atoms with Crippen LogP contribution in [0.3, 0.4) is 0 Å². The summed E-state index contributed by atoms with van der Waals surface area (Å²) in [5, 5.41) is 4.46. The van der Waals surface area contributed by atoms with Gasteiger partial charge < -0.3 is 5.32 Å². The van der Waals surface area contributed by atoms with Gasteiger partial charge in [-0.25, -0.2) is 0 Å². The molecule has 1 fully saturated rings. The Morgan fingerprint density at radius 2 is 2.17 bits per heavy atom. The molecular formula is C15H23ClN2. The van der Waals surface area contributed by atoms with E-state index in [2.05, 4.69) is 56.1 Å². The summed E-state index contributed by atoms with van der Waals surface area (Å²) >= 11 is 6.33. The lowest BCUT2D eigenvalue weighted by molar-refractivity contribution is 0.0978. The molecule has 1 aromatic carbocycles. The summed E-state index contributed by atoms with van der Waals surface area (Å²) in [5.41, 5.74) is 2.63. The van der Waals surface area contributed by atoms with Crippen LogP contribution in [0.4, 0.5) is 0 Å². The minimum absolute atomic E-state index is 0.184. The highest BCUT2D eigenvalue weighted by atomic mass is 35.5. The van der Waals surface area contributed by atoms with Crippen LogP contribution in [0.1, 0.15) is 31.9 Å². The molecule has 1 heterocycles. The van der Waals surface area contributed by atoms with Crippen molar-refractivity contribution in [2.24, 2.45) is 0 Å². The molecule has 1 aliphatic heterocycles. The fraction of sp³-hybridized carbons (Fsp3) is 0.600. The van der Waals surface area contributed by atoms with E-state index < -0.39 is 0 Å². The van der Waals surface area contributed by atoms with E-state index in [1.807, 2.05) is 0 Å². The minimum atomic E-state index is 0.184. The van der Waals surface area contributed by atoms with Crippen LogP contribution < -0.4 is 5.32 Å². The molecule has 0 aliphatic carbocycles. The first kappa shape index (κ1) is 13.9. The first-order valence-electron chi connectivity index (χ1n) is 6.61. The van der Waals surface area contributed by atoms with Crippen LogP contribution in [0.15, 0.2) is 18.2 Å². The molecule has 2 rings (SSSR count). The van der Waals surface area contributed by atoms with Gasteiger partial charge in [-0.15, -0.1) is 0 Å².